The molecule has 3 heterocycles. The predicted molar refractivity (Wildman–Crippen MR) is 96.6 cm³/mol. The van der Waals surface area contributed by atoms with E-state index in [9.17, 15) is 5.26 Å². The first-order valence-electron chi connectivity index (χ1n) is 8.46. The largest absolute Gasteiger partial charge is 0.363 e. The molecule has 0 saturated carbocycles. The molecule has 1 fully saturated rings. The van der Waals surface area contributed by atoms with Crippen LogP contribution in [0.15, 0.2) is 4.99 Å². The molecule has 0 aliphatic carbocycles. The van der Waals surface area contributed by atoms with Gasteiger partial charge >= 0.3 is 0 Å². The summed E-state index contributed by atoms with van der Waals surface area (Å²) in [5, 5.41) is 14.3. The van der Waals surface area contributed by atoms with Crippen LogP contribution < -0.4 is 5.32 Å². The molecule has 124 valence electrons. The van der Waals surface area contributed by atoms with Crippen LogP contribution in [0, 0.1) is 11.3 Å². The van der Waals surface area contributed by atoms with Crippen molar-refractivity contribution in [3.63, 3.8) is 0 Å². The molecule has 0 amide bonds. The second-order valence-electron chi connectivity index (χ2n) is 7.85. The summed E-state index contributed by atoms with van der Waals surface area (Å²) in [6.07, 6.45) is 6.62. The predicted octanol–water partition coefficient (Wildman–Crippen LogP) is 3.92. The zero-order valence-corrected chi connectivity index (χ0v) is 15.4. The maximum Gasteiger partial charge on any atom is 0.136 e. The first-order valence-corrected chi connectivity index (χ1v) is 9.28. The van der Waals surface area contributed by atoms with Gasteiger partial charge in [-0.15, -0.1) is 11.3 Å². The van der Waals surface area contributed by atoms with Crippen molar-refractivity contribution in [2.75, 3.05) is 13.1 Å². The Labute approximate surface area is 143 Å². The van der Waals surface area contributed by atoms with Crippen molar-refractivity contribution in [2.45, 2.75) is 64.5 Å². The molecule has 4 nitrogen and oxygen atoms in total. The molecular weight excluding hydrogens is 304 g/mol. The number of nitrogens with zero attached hydrogens (tertiary/aromatic N) is 3. The van der Waals surface area contributed by atoms with Crippen LogP contribution in [0.4, 0.5) is 5.00 Å². The van der Waals surface area contributed by atoms with Gasteiger partial charge in [0.05, 0.1) is 11.9 Å². The Morgan fingerprint density at radius 2 is 1.91 bits per heavy atom. The number of nitrogens with one attached hydrogen (secondary N) is 1. The fourth-order valence-electron chi connectivity index (χ4n) is 3.89. The van der Waals surface area contributed by atoms with Gasteiger partial charge in [0.15, 0.2) is 0 Å². The van der Waals surface area contributed by atoms with Crippen LogP contribution in [-0.4, -0.2) is 29.9 Å². The Balaban J connectivity index is 1.96. The standard InChI is InChI=1S/C18H26N4S/c1-17(2)10-13-14(11-19)16(23-15(13)18(3,4)21-17)20-12-22-8-6-5-7-9-22/h12,21H,5-10H2,1-4H3/b20-12+. The zero-order chi connectivity index (χ0) is 16.7. The fraction of sp³-hybridized carbons (Fsp3) is 0.667. The van der Waals surface area contributed by atoms with Gasteiger partial charge in [-0.05, 0) is 58.9 Å². The van der Waals surface area contributed by atoms with Crippen molar-refractivity contribution in [1.82, 2.24) is 10.2 Å². The van der Waals surface area contributed by atoms with Crippen molar-refractivity contribution in [1.29, 1.82) is 5.26 Å². The van der Waals surface area contributed by atoms with E-state index >= 15 is 0 Å². The van der Waals surface area contributed by atoms with Gasteiger partial charge in [0.2, 0.25) is 0 Å². The second kappa shape index (κ2) is 5.92. The van der Waals surface area contributed by atoms with Crippen molar-refractivity contribution in [2.24, 2.45) is 4.99 Å². The highest BCUT2D eigenvalue weighted by molar-refractivity contribution is 7.16. The number of likely N-dealkylation sites (tertiary alicyclic amines) is 1. The summed E-state index contributed by atoms with van der Waals surface area (Å²) in [5.41, 5.74) is 1.85. The number of hydrogen-bond donors (Lipinski definition) is 1. The van der Waals surface area contributed by atoms with E-state index in [4.69, 9.17) is 0 Å². The van der Waals surface area contributed by atoms with Crippen LogP contribution in [0.2, 0.25) is 0 Å². The van der Waals surface area contributed by atoms with E-state index in [0.29, 0.717) is 0 Å². The summed E-state index contributed by atoms with van der Waals surface area (Å²) in [5.74, 6) is 0. The molecule has 0 atom stereocenters. The minimum Gasteiger partial charge on any atom is -0.363 e. The van der Waals surface area contributed by atoms with E-state index in [0.717, 1.165) is 30.1 Å². The summed E-state index contributed by atoms with van der Waals surface area (Å²) in [4.78, 5) is 8.23. The average Bonchev–Trinajstić information content (AvgIpc) is 2.82. The lowest BCUT2D eigenvalue weighted by Crippen LogP contribution is -2.54. The molecule has 1 N–H and O–H groups in total. The van der Waals surface area contributed by atoms with Gasteiger partial charge in [-0.3, -0.25) is 0 Å². The summed E-state index contributed by atoms with van der Waals surface area (Å²) < 4.78 is 0. The van der Waals surface area contributed by atoms with E-state index in [2.05, 4.69) is 49.0 Å². The van der Waals surface area contributed by atoms with Crippen molar-refractivity contribution in [3.8, 4) is 6.07 Å². The number of fused-ring (bicyclic) bond motifs is 1. The number of thiophene rings is 1. The molecule has 1 aromatic heterocycles. The van der Waals surface area contributed by atoms with E-state index in [-0.39, 0.29) is 11.1 Å². The molecule has 5 heteroatoms. The molecular formula is C18H26N4S. The SMILES string of the molecule is CC1(C)Cc2c(sc(/N=C/N3CCCCC3)c2C#N)C(C)(C)N1. The smallest absolute Gasteiger partial charge is 0.136 e. The third-order valence-corrected chi connectivity index (χ3v) is 6.13. The fourth-order valence-corrected chi connectivity index (χ4v) is 5.06. The molecule has 2 aliphatic heterocycles. The van der Waals surface area contributed by atoms with Crippen LogP contribution in [-0.2, 0) is 12.0 Å². The third-order valence-electron chi connectivity index (χ3n) is 4.67. The zero-order valence-electron chi connectivity index (χ0n) is 14.6. The lowest BCUT2D eigenvalue weighted by molar-refractivity contribution is 0.247. The van der Waals surface area contributed by atoms with Gasteiger partial charge in [-0.25, -0.2) is 4.99 Å². The van der Waals surface area contributed by atoms with Crippen molar-refractivity contribution < 1.29 is 0 Å². The van der Waals surface area contributed by atoms with Gasteiger partial charge in [0.1, 0.15) is 11.1 Å². The Morgan fingerprint density at radius 1 is 1.22 bits per heavy atom. The van der Waals surface area contributed by atoms with Gasteiger partial charge in [0, 0.05) is 29.0 Å². The summed E-state index contributed by atoms with van der Waals surface area (Å²) in [6, 6.07) is 2.42. The molecule has 23 heavy (non-hydrogen) atoms. The highest BCUT2D eigenvalue weighted by atomic mass is 32.1. The van der Waals surface area contributed by atoms with Crippen LogP contribution in [0.5, 0.6) is 0 Å². The van der Waals surface area contributed by atoms with Crippen LogP contribution in [0.1, 0.15) is 63.0 Å². The molecule has 3 rings (SSSR count). The minimum absolute atomic E-state index is 0.00295. The molecule has 0 spiro atoms. The number of piperidine rings is 1. The lowest BCUT2D eigenvalue weighted by Gasteiger charge is -2.42. The Kier molecular flexibility index (Phi) is 4.24. The van der Waals surface area contributed by atoms with E-state index < -0.39 is 0 Å². The summed E-state index contributed by atoms with van der Waals surface area (Å²) in [7, 11) is 0. The van der Waals surface area contributed by atoms with Gasteiger partial charge in [-0.2, -0.15) is 5.26 Å². The number of aliphatic imine (C=N–C) groups is 1. The maximum atomic E-state index is 9.69. The monoisotopic (exact) mass is 330 g/mol. The molecule has 0 bridgehead atoms. The normalized spacial score (nSPS) is 22.8. The summed E-state index contributed by atoms with van der Waals surface area (Å²) in [6.45, 7) is 11.0. The van der Waals surface area contributed by atoms with Crippen LogP contribution >= 0.6 is 11.3 Å². The number of nitriles is 1. The third kappa shape index (κ3) is 3.29. The topological polar surface area (TPSA) is 51.4 Å². The highest BCUT2D eigenvalue weighted by Gasteiger charge is 2.40. The molecule has 0 unspecified atom stereocenters. The maximum absolute atomic E-state index is 9.69. The first kappa shape index (κ1) is 16.5. The molecule has 2 aliphatic rings. The Bertz CT molecular complexity index is 657. The average molecular weight is 331 g/mol. The van der Waals surface area contributed by atoms with Crippen LogP contribution in [0.25, 0.3) is 0 Å². The Morgan fingerprint density at radius 3 is 2.57 bits per heavy atom. The van der Waals surface area contributed by atoms with Gasteiger partial charge < -0.3 is 10.2 Å². The van der Waals surface area contributed by atoms with Gasteiger partial charge in [-0.1, -0.05) is 0 Å². The summed E-state index contributed by atoms with van der Waals surface area (Å²) >= 11 is 1.67. The number of hydrogen-bond acceptors (Lipinski definition) is 4. The second-order valence-corrected chi connectivity index (χ2v) is 8.85. The van der Waals surface area contributed by atoms with Crippen molar-refractivity contribution in [3.05, 3.63) is 16.0 Å². The molecule has 0 radical (unpaired) electrons. The molecule has 1 aromatic rings. The van der Waals surface area contributed by atoms with Gasteiger partial charge in [0.25, 0.3) is 0 Å². The Hall–Kier alpha value is -1.38. The highest BCUT2D eigenvalue weighted by Crippen LogP contribution is 2.45. The van der Waals surface area contributed by atoms with E-state index in [1.807, 2.05) is 6.34 Å². The van der Waals surface area contributed by atoms with Crippen molar-refractivity contribution >= 4 is 22.7 Å². The van der Waals surface area contributed by atoms with E-state index in [1.54, 1.807) is 11.3 Å². The quantitative estimate of drug-likeness (QED) is 0.660. The lowest BCUT2D eigenvalue weighted by atomic mass is 9.81. The molecule has 0 aromatic carbocycles. The van der Waals surface area contributed by atoms with E-state index in [1.165, 1.54) is 29.7 Å². The minimum atomic E-state index is -0.119. The van der Waals surface area contributed by atoms with Crippen LogP contribution in [0.3, 0.4) is 0 Å². The molecule has 1 saturated heterocycles. The number of rotatable bonds is 2. The first-order chi connectivity index (χ1) is 10.8.